The quantitative estimate of drug-likeness (QED) is 0.472. The number of rotatable bonds is 2. The van der Waals surface area contributed by atoms with Gasteiger partial charge in [-0.3, -0.25) is 4.79 Å². The Morgan fingerprint density at radius 2 is 2.15 bits per heavy atom. The molecular formula is C16H16O4. The molecule has 2 atom stereocenters. The Labute approximate surface area is 117 Å². The number of ether oxygens (including phenoxy) is 2. The summed E-state index contributed by atoms with van der Waals surface area (Å²) in [5.74, 6) is 0.236. The van der Waals surface area contributed by atoms with Crippen molar-refractivity contribution in [2.24, 2.45) is 5.92 Å². The highest BCUT2D eigenvalue weighted by molar-refractivity contribution is 5.96. The first-order chi connectivity index (χ1) is 9.63. The van der Waals surface area contributed by atoms with E-state index in [1.54, 1.807) is 6.07 Å². The van der Waals surface area contributed by atoms with Crippen molar-refractivity contribution in [2.45, 2.75) is 25.2 Å². The van der Waals surface area contributed by atoms with Gasteiger partial charge in [0.2, 0.25) is 0 Å². The van der Waals surface area contributed by atoms with Crippen LogP contribution in [0.4, 0.5) is 0 Å². The number of fused-ring (bicyclic) bond motifs is 1. The van der Waals surface area contributed by atoms with Crippen LogP contribution < -0.4 is 9.47 Å². The number of carbonyl (C=O) groups excluding carboxylic acids is 2. The van der Waals surface area contributed by atoms with Crippen molar-refractivity contribution in [1.29, 1.82) is 0 Å². The van der Waals surface area contributed by atoms with E-state index in [0.717, 1.165) is 18.4 Å². The Morgan fingerprint density at radius 3 is 2.80 bits per heavy atom. The molecule has 4 nitrogen and oxygen atoms in total. The lowest BCUT2D eigenvalue weighted by molar-refractivity contribution is -0.131. The Hall–Kier alpha value is -2.10. The standard InChI is InChI=1S/C16H16O4/c1-9-14(10-5-3-7-12(10)17)11-6-4-8-13(19-2)15(11)20-16(9)18/h4,6,8,10,14H,1,3,5,7H2,2H3/t10-,14-/m1/s1. The van der Waals surface area contributed by atoms with Gasteiger partial charge in [-0.15, -0.1) is 0 Å². The molecule has 0 saturated heterocycles. The lowest BCUT2D eigenvalue weighted by atomic mass is 9.78. The van der Waals surface area contributed by atoms with E-state index < -0.39 is 5.97 Å². The number of hydrogen-bond acceptors (Lipinski definition) is 4. The number of carbonyl (C=O) groups is 2. The molecule has 1 fully saturated rings. The average molecular weight is 272 g/mol. The highest BCUT2D eigenvalue weighted by Gasteiger charge is 2.42. The molecule has 0 radical (unpaired) electrons. The molecule has 4 heteroatoms. The van der Waals surface area contributed by atoms with E-state index in [4.69, 9.17) is 9.47 Å². The van der Waals surface area contributed by atoms with Gasteiger partial charge < -0.3 is 9.47 Å². The van der Waals surface area contributed by atoms with Gasteiger partial charge in [0.15, 0.2) is 11.5 Å². The van der Waals surface area contributed by atoms with Gasteiger partial charge in [-0.05, 0) is 18.9 Å². The SMILES string of the molecule is C=C1C(=O)Oc2c(OC)cccc2[C@H]1[C@@H]1CCCC1=O. The minimum atomic E-state index is -0.466. The van der Waals surface area contributed by atoms with Crippen molar-refractivity contribution >= 4 is 11.8 Å². The number of esters is 1. The van der Waals surface area contributed by atoms with Crippen LogP contribution >= 0.6 is 0 Å². The number of para-hydroxylation sites is 1. The van der Waals surface area contributed by atoms with E-state index >= 15 is 0 Å². The number of Topliss-reactive ketones (excluding diaryl/α,β-unsaturated/α-hetero) is 1. The van der Waals surface area contributed by atoms with E-state index in [9.17, 15) is 9.59 Å². The molecule has 0 spiro atoms. The summed E-state index contributed by atoms with van der Waals surface area (Å²) in [7, 11) is 1.53. The third-order valence-corrected chi connectivity index (χ3v) is 4.15. The number of ketones is 1. The summed E-state index contributed by atoms with van der Waals surface area (Å²) in [5, 5.41) is 0. The van der Waals surface area contributed by atoms with Crippen LogP contribution in [0.2, 0.25) is 0 Å². The second-order valence-electron chi connectivity index (χ2n) is 5.24. The first-order valence-corrected chi connectivity index (χ1v) is 6.74. The molecule has 3 rings (SSSR count). The lowest BCUT2D eigenvalue weighted by Crippen LogP contribution is -2.29. The van der Waals surface area contributed by atoms with Crippen LogP contribution in [-0.2, 0) is 9.59 Å². The van der Waals surface area contributed by atoms with Gasteiger partial charge in [-0.2, -0.15) is 0 Å². The Kier molecular flexibility index (Phi) is 3.08. The summed E-state index contributed by atoms with van der Waals surface area (Å²) >= 11 is 0. The molecule has 0 N–H and O–H groups in total. The van der Waals surface area contributed by atoms with Crippen LogP contribution in [0.1, 0.15) is 30.7 Å². The van der Waals surface area contributed by atoms with Gasteiger partial charge >= 0.3 is 5.97 Å². The summed E-state index contributed by atoms with van der Waals surface area (Å²) in [6.45, 7) is 3.84. The van der Waals surface area contributed by atoms with Crippen molar-refractivity contribution in [3.63, 3.8) is 0 Å². The number of benzene rings is 1. The summed E-state index contributed by atoms with van der Waals surface area (Å²) < 4.78 is 10.6. The highest BCUT2D eigenvalue weighted by Crippen LogP contribution is 2.48. The minimum absolute atomic E-state index is 0.166. The van der Waals surface area contributed by atoms with Crippen molar-refractivity contribution in [2.75, 3.05) is 7.11 Å². The van der Waals surface area contributed by atoms with Gasteiger partial charge in [-0.1, -0.05) is 18.7 Å². The first-order valence-electron chi connectivity index (χ1n) is 6.74. The Bertz CT molecular complexity index is 602. The number of hydrogen-bond donors (Lipinski definition) is 0. The maximum atomic E-state index is 12.1. The average Bonchev–Trinajstić information content (AvgIpc) is 2.86. The van der Waals surface area contributed by atoms with Gasteiger partial charge in [-0.25, -0.2) is 4.79 Å². The Morgan fingerprint density at radius 1 is 1.35 bits per heavy atom. The molecule has 0 amide bonds. The van der Waals surface area contributed by atoms with Crippen LogP contribution in [0.15, 0.2) is 30.4 Å². The maximum Gasteiger partial charge on any atom is 0.339 e. The van der Waals surface area contributed by atoms with E-state index in [-0.39, 0.29) is 17.6 Å². The molecule has 1 saturated carbocycles. The largest absolute Gasteiger partial charge is 0.493 e. The molecule has 0 bridgehead atoms. The second kappa shape index (κ2) is 4.78. The molecule has 1 aromatic carbocycles. The van der Waals surface area contributed by atoms with Crippen molar-refractivity contribution in [3.05, 3.63) is 35.9 Å². The van der Waals surface area contributed by atoms with Crippen molar-refractivity contribution in [1.82, 2.24) is 0 Å². The van der Waals surface area contributed by atoms with E-state index in [1.165, 1.54) is 7.11 Å². The van der Waals surface area contributed by atoms with Crippen LogP contribution in [0.5, 0.6) is 11.5 Å². The zero-order valence-electron chi connectivity index (χ0n) is 11.3. The molecule has 1 aliphatic heterocycles. The molecule has 2 aliphatic rings. The van der Waals surface area contributed by atoms with E-state index in [0.29, 0.717) is 23.5 Å². The lowest BCUT2D eigenvalue weighted by Gasteiger charge is -2.30. The highest BCUT2D eigenvalue weighted by atomic mass is 16.6. The first kappa shape index (κ1) is 12.9. The minimum Gasteiger partial charge on any atom is -0.493 e. The molecule has 20 heavy (non-hydrogen) atoms. The van der Waals surface area contributed by atoms with E-state index in [1.807, 2.05) is 12.1 Å². The zero-order valence-corrected chi connectivity index (χ0v) is 11.3. The molecular weight excluding hydrogens is 256 g/mol. The summed E-state index contributed by atoms with van der Waals surface area (Å²) in [4.78, 5) is 24.1. The molecule has 104 valence electrons. The fraction of sp³-hybridized carbons (Fsp3) is 0.375. The van der Waals surface area contributed by atoms with Crippen molar-refractivity contribution < 1.29 is 19.1 Å². The smallest absolute Gasteiger partial charge is 0.339 e. The zero-order chi connectivity index (χ0) is 14.3. The fourth-order valence-corrected chi connectivity index (χ4v) is 3.18. The van der Waals surface area contributed by atoms with Gasteiger partial charge in [0, 0.05) is 29.4 Å². The van der Waals surface area contributed by atoms with Gasteiger partial charge in [0.05, 0.1) is 7.11 Å². The van der Waals surface area contributed by atoms with E-state index in [2.05, 4.69) is 6.58 Å². The molecule has 1 heterocycles. The van der Waals surface area contributed by atoms with Crippen LogP contribution in [0.3, 0.4) is 0 Å². The fourth-order valence-electron chi connectivity index (χ4n) is 3.18. The summed E-state index contributed by atoms with van der Waals surface area (Å²) in [5.41, 5.74) is 1.19. The monoisotopic (exact) mass is 272 g/mol. The van der Waals surface area contributed by atoms with Crippen LogP contribution in [0.25, 0.3) is 0 Å². The summed E-state index contributed by atoms with van der Waals surface area (Å²) in [6.07, 6.45) is 2.26. The topological polar surface area (TPSA) is 52.6 Å². The predicted octanol–water partition coefficient (Wildman–Crippen LogP) is 2.62. The molecule has 1 aromatic rings. The van der Waals surface area contributed by atoms with Crippen LogP contribution in [0, 0.1) is 5.92 Å². The predicted molar refractivity (Wildman–Crippen MR) is 72.9 cm³/mol. The normalized spacial score (nSPS) is 25.4. The van der Waals surface area contributed by atoms with Gasteiger partial charge in [0.1, 0.15) is 5.78 Å². The molecule has 0 aromatic heterocycles. The third kappa shape index (κ3) is 1.83. The maximum absolute atomic E-state index is 12.1. The third-order valence-electron chi connectivity index (χ3n) is 4.15. The van der Waals surface area contributed by atoms with Crippen molar-refractivity contribution in [3.8, 4) is 11.5 Å². The second-order valence-corrected chi connectivity index (χ2v) is 5.24. The Balaban J connectivity index is 2.13. The summed E-state index contributed by atoms with van der Waals surface area (Å²) in [6, 6.07) is 5.47. The molecule has 1 aliphatic carbocycles. The molecule has 0 unspecified atom stereocenters. The van der Waals surface area contributed by atoms with Gasteiger partial charge in [0.25, 0.3) is 0 Å². The number of methoxy groups -OCH3 is 1. The van der Waals surface area contributed by atoms with Crippen LogP contribution in [-0.4, -0.2) is 18.9 Å².